The van der Waals surface area contributed by atoms with E-state index in [1.165, 1.54) is 6.42 Å². The molecule has 0 amide bonds. The van der Waals surface area contributed by atoms with Crippen molar-refractivity contribution in [3.05, 3.63) is 12.2 Å². The normalized spacial score (nSPS) is 14.4. The lowest BCUT2D eigenvalue weighted by Crippen LogP contribution is -2.37. The molecule has 0 aliphatic rings. The number of unbranched alkanes of at least 4 members (excludes halogenated alkanes) is 8. The number of phosphoric acid groups is 1. The third-order valence-electron chi connectivity index (χ3n) is 5.53. The predicted molar refractivity (Wildman–Crippen MR) is 146 cm³/mol. The SMILES string of the molecule is CCC/C=C\CCCCCCCC(=O)OC(COC(=O)CCCCC)COP(=O)(O)OCC[N+](C)(C)C. The minimum absolute atomic E-state index is 0.0309. The Balaban J connectivity index is 4.52. The molecule has 0 aromatic rings. The molecular formula is C27H53NO8P+. The molecule has 0 radical (unpaired) electrons. The summed E-state index contributed by atoms with van der Waals surface area (Å²) in [6.07, 6.45) is 14.9. The Morgan fingerprint density at radius 1 is 0.811 bits per heavy atom. The van der Waals surface area contributed by atoms with Gasteiger partial charge in [-0.3, -0.25) is 18.6 Å². The molecular weight excluding hydrogens is 497 g/mol. The summed E-state index contributed by atoms with van der Waals surface area (Å²) in [4.78, 5) is 34.3. The molecule has 0 fully saturated rings. The average Bonchev–Trinajstić information content (AvgIpc) is 2.81. The van der Waals surface area contributed by atoms with Crippen LogP contribution in [0.5, 0.6) is 0 Å². The summed E-state index contributed by atoms with van der Waals surface area (Å²) in [5.74, 6) is -0.845. The number of hydrogen-bond acceptors (Lipinski definition) is 7. The standard InChI is InChI=1S/C27H52NO8P/c1-6-8-10-11-12-13-14-15-16-18-20-27(30)36-25(23-33-26(29)19-17-9-7-2)24-35-37(31,32)34-22-21-28(3,4)5/h10-11,25H,6-9,12-24H2,1-5H3/p+1/b11-10-. The number of quaternary nitrogens is 1. The highest BCUT2D eigenvalue weighted by Gasteiger charge is 2.27. The Labute approximate surface area is 225 Å². The topological polar surface area (TPSA) is 108 Å². The molecule has 0 rings (SSSR count). The fraction of sp³-hybridized carbons (Fsp3) is 0.852. The zero-order chi connectivity index (χ0) is 28.0. The number of hydrogen-bond donors (Lipinski definition) is 1. The molecule has 2 unspecified atom stereocenters. The molecule has 0 bridgehead atoms. The van der Waals surface area contributed by atoms with Gasteiger partial charge in [0.05, 0.1) is 27.7 Å². The van der Waals surface area contributed by atoms with Crippen molar-refractivity contribution in [2.24, 2.45) is 0 Å². The highest BCUT2D eigenvalue weighted by Crippen LogP contribution is 2.43. The lowest BCUT2D eigenvalue weighted by Gasteiger charge is -2.24. The lowest BCUT2D eigenvalue weighted by atomic mass is 10.1. The number of likely N-dealkylation sites (N-methyl/N-ethyl adjacent to an activating group) is 1. The van der Waals surface area contributed by atoms with Crippen molar-refractivity contribution in [1.29, 1.82) is 0 Å². The molecule has 0 aliphatic heterocycles. The number of esters is 2. The van der Waals surface area contributed by atoms with Gasteiger partial charge in [0.15, 0.2) is 6.10 Å². The van der Waals surface area contributed by atoms with Gasteiger partial charge in [0.1, 0.15) is 19.8 Å². The van der Waals surface area contributed by atoms with E-state index in [4.69, 9.17) is 18.5 Å². The van der Waals surface area contributed by atoms with E-state index in [0.29, 0.717) is 17.4 Å². The summed E-state index contributed by atoms with van der Waals surface area (Å²) in [6.45, 7) is 4.11. The second-order valence-electron chi connectivity index (χ2n) is 10.4. The summed E-state index contributed by atoms with van der Waals surface area (Å²) >= 11 is 0. The molecule has 0 heterocycles. The molecule has 1 N–H and O–H groups in total. The second-order valence-corrected chi connectivity index (χ2v) is 11.9. The van der Waals surface area contributed by atoms with E-state index in [-0.39, 0.29) is 26.1 Å². The van der Waals surface area contributed by atoms with Crippen molar-refractivity contribution in [2.45, 2.75) is 103 Å². The van der Waals surface area contributed by atoms with Crippen molar-refractivity contribution in [3.63, 3.8) is 0 Å². The van der Waals surface area contributed by atoms with Crippen LogP contribution in [0.3, 0.4) is 0 Å². The summed E-state index contributed by atoms with van der Waals surface area (Å²) in [5.41, 5.74) is 0. The van der Waals surface area contributed by atoms with Crippen LogP contribution in [-0.2, 0) is 32.7 Å². The van der Waals surface area contributed by atoms with E-state index in [2.05, 4.69) is 19.1 Å². The third-order valence-corrected chi connectivity index (χ3v) is 6.51. The number of phosphoric ester groups is 1. The highest BCUT2D eigenvalue weighted by atomic mass is 31.2. The molecule has 0 aromatic heterocycles. The van der Waals surface area contributed by atoms with E-state index in [1.54, 1.807) is 0 Å². The lowest BCUT2D eigenvalue weighted by molar-refractivity contribution is -0.870. The van der Waals surface area contributed by atoms with E-state index >= 15 is 0 Å². The maximum absolute atomic E-state index is 12.4. The van der Waals surface area contributed by atoms with Crippen LogP contribution in [0.4, 0.5) is 0 Å². The molecule has 9 nitrogen and oxygen atoms in total. The zero-order valence-electron chi connectivity index (χ0n) is 24.0. The Hall–Kier alpha value is -1.25. The number of nitrogens with zero attached hydrogens (tertiary/aromatic N) is 1. The summed E-state index contributed by atoms with van der Waals surface area (Å²) in [6, 6.07) is 0. The van der Waals surface area contributed by atoms with E-state index in [0.717, 1.165) is 57.8 Å². The van der Waals surface area contributed by atoms with Crippen LogP contribution in [0.25, 0.3) is 0 Å². The van der Waals surface area contributed by atoms with Gasteiger partial charge >= 0.3 is 19.8 Å². The van der Waals surface area contributed by atoms with Crippen LogP contribution in [-0.4, -0.2) is 74.9 Å². The summed E-state index contributed by atoms with van der Waals surface area (Å²) in [7, 11) is 1.46. The molecule has 0 spiro atoms. The third kappa shape index (κ3) is 24.8. The van der Waals surface area contributed by atoms with E-state index in [9.17, 15) is 19.0 Å². The van der Waals surface area contributed by atoms with Crippen LogP contribution in [0.2, 0.25) is 0 Å². The zero-order valence-corrected chi connectivity index (χ0v) is 24.8. The minimum atomic E-state index is -4.34. The van der Waals surface area contributed by atoms with Crippen LogP contribution < -0.4 is 0 Å². The quantitative estimate of drug-likeness (QED) is 0.0517. The van der Waals surface area contributed by atoms with Crippen LogP contribution >= 0.6 is 7.82 Å². The first-order valence-electron chi connectivity index (χ1n) is 13.9. The molecule has 0 saturated heterocycles. The van der Waals surface area contributed by atoms with Crippen molar-refractivity contribution in [3.8, 4) is 0 Å². The first kappa shape index (κ1) is 35.8. The van der Waals surface area contributed by atoms with Gasteiger partial charge in [-0.15, -0.1) is 0 Å². The number of rotatable bonds is 24. The molecule has 218 valence electrons. The number of ether oxygens (including phenoxy) is 2. The Morgan fingerprint density at radius 2 is 1.43 bits per heavy atom. The van der Waals surface area contributed by atoms with E-state index in [1.807, 2.05) is 28.1 Å². The largest absolute Gasteiger partial charge is 0.472 e. The van der Waals surface area contributed by atoms with Gasteiger partial charge < -0.3 is 18.9 Å². The van der Waals surface area contributed by atoms with Crippen LogP contribution in [0.1, 0.15) is 97.3 Å². The molecule has 10 heteroatoms. The second kappa shape index (κ2) is 21.7. The van der Waals surface area contributed by atoms with Crippen molar-refractivity contribution in [1.82, 2.24) is 0 Å². The van der Waals surface area contributed by atoms with Gasteiger partial charge in [-0.05, 0) is 32.1 Å². The smallest absolute Gasteiger partial charge is 0.462 e. The van der Waals surface area contributed by atoms with Crippen molar-refractivity contribution in [2.75, 3.05) is 47.5 Å². The maximum Gasteiger partial charge on any atom is 0.472 e. The predicted octanol–water partition coefficient (Wildman–Crippen LogP) is 5.95. The summed E-state index contributed by atoms with van der Waals surface area (Å²) in [5, 5.41) is 0. The van der Waals surface area contributed by atoms with Crippen molar-refractivity contribution >= 4 is 19.8 Å². The Morgan fingerprint density at radius 3 is 2.11 bits per heavy atom. The van der Waals surface area contributed by atoms with Gasteiger partial charge in [-0.2, -0.15) is 0 Å². The monoisotopic (exact) mass is 550 g/mol. The molecule has 0 saturated carbocycles. The van der Waals surface area contributed by atoms with Gasteiger partial charge in [-0.1, -0.05) is 64.5 Å². The van der Waals surface area contributed by atoms with Gasteiger partial charge in [0.2, 0.25) is 0 Å². The van der Waals surface area contributed by atoms with Crippen LogP contribution in [0.15, 0.2) is 12.2 Å². The highest BCUT2D eigenvalue weighted by molar-refractivity contribution is 7.47. The number of carbonyl (C=O) groups is 2. The van der Waals surface area contributed by atoms with Gasteiger partial charge in [0, 0.05) is 12.8 Å². The van der Waals surface area contributed by atoms with Gasteiger partial charge in [0.25, 0.3) is 0 Å². The minimum Gasteiger partial charge on any atom is -0.462 e. The fourth-order valence-electron chi connectivity index (χ4n) is 3.25. The fourth-order valence-corrected chi connectivity index (χ4v) is 3.99. The Bertz CT molecular complexity index is 678. The number of carbonyl (C=O) groups excluding carboxylic acids is 2. The van der Waals surface area contributed by atoms with Crippen molar-refractivity contribution < 1.29 is 42.1 Å². The van der Waals surface area contributed by atoms with Gasteiger partial charge in [-0.25, -0.2) is 4.57 Å². The Kier molecular flexibility index (Phi) is 20.9. The summed E-state index contributed by atoms with van der Waals surface area (Å²) < 4.78 is 33.5. The first-order valence-corrected chi connectivity index (χ1v) is 15.4. The molecule has 0 aromatic carbocycles. The maximum atomic E-state index is 12.4. The molecule has 0 aliphatic carbocycles. The molecule has 37 heavy (non-hydrogen) atoms. The molecule has 2 atom stereocenters. The number of allylic oxidation sites excluding steroid dienone is 2. The van der Waals surface area contributed by atoms with Crippen LogP contribution in [0, 0.1) is 0 Å². The van der Waals surface area contributed by atoms with E-state index < -0.39 is 32.5 Å². The first-order chi connectivity index (χ1) is 17.5. The average molecular weight is 551 g/mol.